The van der Waals surface area contributed by atoms with Gasteiger partial charge in [-0.3, -0.25) is 9.69 Å². The first-order chi connectivity index (χ1) is 10.3. The fourth-order valence-corrected chi connectivity index (χ4v) is 3.02. The van der Waals surface area contributed by atoms with Gasteiger partial charge in [-0.05, 0) is 34.5 Å². The van der Waals surface area contributed by atoms with E-state index in [-0.39, 0.29) is 5.91 Å². The summed E-state index contributed by atoms with van der Waals surface area (Å²) in [6.45, 7) is 3.24. The van der Waals surface area contributed by atoms with Crippen LogP contribution in [0.3, 0.4) is 0 Å². The molecule has 0 bridgehead atoms. The van der Waals surface area contributed by atoms with E-state index in [2.05, 4.69) is 16.0 Å². The highest BCUT2D eigenvalue weighted by Gasteiger charge is 2.24. The number of carbonyl (C=O) groups is 1. The summed E-state index contributed by atoms with van der Waals surface area (Å²) in [5.41, 5.74) is 1.09. The Hall–Kier alpha value is -2.14. The lowest BCUT2D eigenvalue weighted by Crippen LogP contribution is -2.49. The highest BCUT2D eigenvalue weighted by atomic mass is 32.1. The third kappa shape index (κ3) is 3.49. The smallest absolute Gasteiger partial charge is 0.274 e. The van der Waals surface area contributed by atoms with Crippen molar-refractivity contribution in [2.75, 3.05) is 31.1 Å². The van der Waals surface area contributed by atoms with E-state index >= 15 is 0 Å². The molecular weight excluding hydrogens is 282 g/mol. The summed E-state index contributed by atoms with van der Waals surface area (Å²) in [5.74, 6) is 1.20. The summed E-state index contributed by atoms with van der Waals surface area (Å²) in [6.07, 6.45) is 5.49. The normalized spacial score (nSPS) is 15.6. The molecule has 4 nitrogen and oxygen atoms in total. The van der Waals surface area contributed by atoms with E-state index in [1.54, 1.807) is 17.4 Å². The second kappa shape index (κ2) is 6.54. The van der Waals surface area contributed by atoms with Crippen molar-refractivity contribution in [1.29, 1.82) is 0 Å². The molecule has 1 amide bonds. The van der Waals surface area contributed by atoms with Gasteiger partial charge in [0.25, 0.3) is 5.82 Å². The number of anilines is 1. The number of aromatic nitrogens is 1. The molecule has 1 aliphatic heterocycles. The minimum Gasteiger partial charge on any atom is -0.331 e. The lowest BCUT2D eigenvalue weighted by molar-refractivity contribution is -0.364. The number of nitrogens with one attached hydrogen (secondary N) is 1. The van der Waals surface area contributed by atoms with Crippen molar-refractivity contribution in [2.45, 2.75) is 0 Å². The number of hydrogen-bond donors (Lipinski definition) is 0. The van der Waals surface area contributed by atoms with Crippen LogP contribution in [0.1, 0.15) is 5.56 Å². The number of rotatable bonds is 3. The van der Waals surface area contributed by atoms with Crippen molar-refractivity contribution in [1.82, 2.24) is 4.90 Å². The predicted octanol–water partition coefficient (Wildman–Crippen LogP) is 1.92. The molecule has 0 aliphatic carbocycles. The summed E-state index contributed by atoms with van der Waals surface area (Å²) in [6, 6.07) is 8.07. The monoisotopic (exact) mass is 300 g/mol. The van der Waals surface area contributed by atoms with Gasteiger partial charge >= 0.3 is 0 Å². The van der Waals surface area contributed by atoms with Crippen LogP contribution in [0.5, 0.6) is 0 Å². The van der Waals surface area contributed by atoms with Crippen LogP contribution in [0.4, 0.5) is 5.82 Å². The summed E-state index contributed by atoms with van der Waals surface area (Å²) in [7, 11) is 0. The molecule has 1 aliphatic rings. The third-order valence-corrected chi connectivity index (χ3v) is 4.29. The molecule has 0 spiro atoms. The van der Waals surface area contributed by atoms with Crippen LogP contribution in [0.15, 0.2) is 47.3 Å². The number of carbonyl (C=O) groups excluding carboxylic acids is 1. The van der Waals surface area contributed by atoms with Gasteiger partial charge in [0.1, 0.15) is 13.1 Å². The fourth-order valence-electron chi connectivity index (χ4n) is 2.39. The maximum atomic E-state index is 12.2. The van der Waals surface area contributed by atoms with Crippen molar-refractivity contribution in [3.8, 4) is 0 Å². The number of piperazine rings is 1. The quantitative estimate of drug-likeness (QED) is 0.812. The standard InChI is InChI=1S/C16H17N3OS/c20-16(5-4-14-6-12-21-13-14)19-10-8-18(9-11-19)15-3-1-2-7-17-15/h1-7,12-13H,8-11H2/p+1/b5-4+. The van der Waals surface area contributed by atoms with Gasteiger partial charge in [-0.2, -0.15) is 11.3 Å². The minimum absolute atomic E-state index is 0.0953. The van der Waals surface area contributed by atoms with E-state index in [4.69, 9.17) is 0 Å². The van der Waals surface area contributed by atoms with E-state index < -0.39 is 0 Å². The Bertz CT molecular complexity index is 602. The average molecular weight is 300 g/mol. The van der Waals surface area contributed by atoms with Crippen molar-refractivity contribution in [3.05, 3.63) is 52.9 Å². The first-order valence-electron chi connectivity index (χ1n) is 7.04. The molecule has 3 rings (SSSR count). The average Bonchev–Trinajstić information content (AvgIpc) is 3.07. The molecule has 0 saturated carbocycles. The lowest BCUT2D eigenvalue weighted by atomic mass is 10.2. The lowest BCUT2D eigenvalue weighted by Gasteiger charge is -2.30. The summed E-state index contributed by atoms with van der Waals surface area (Å²) < 4.78 is 0. The van der Waals surface area contributed by atoms with Crippen LogP contribution >= 0.6 is 11.3 Å². The summed E-state index contributed by atoms with van der Waals surface area (Å²) in [4.78, 5) is 19.6. The number of thiophene rings is 1. The zero-order valence-electron chi connectivity index (χ0n) is 11.7. The Morgan fingerprint density at radius 3 is 2.71 bits per heavy atom. The first kappa shape index (κ1) is 13.8. The number of pyridine rings is 1. The van der Waals surface area contributed by atoms with E-state index in [1.807, 2.05) is 46.1 Å². The zero-order valence-corrected chi connectivity index (χ0v) is 12.6. The molecule has 3 heterocycles. The Morgan fingerprint density at radius 1 is 1.19 bits per heavy atom. The van der Waals surface area contributed by atoms with Gasteiger partial charge in [0.2, 0.25) is 5.91 Å². The van der Waals surface area contributed by atoms with Crippen molar-refractivity contribution in [3.63, 3.8) is 0 Å². The molecule has 5 heteroatoms. The highest BCUT2D eigenvalue weighted by molar-refractivity contribution is 7.08. The number of H-pyrrole nitrogens is 1. The third-order valence-electron chi connectivity index (χ3n) is 3.59. The molecular formula is C16H18N3OS+. The highest BCUT2D eigenvalue weighted by Crippen LogP contribution is 2.11. The molecule has 0 radical (unpaired) electrons. The van der Waals surface area contributed by atoms with Crippen LogP contribution in [0.25, 0.3) is 6.08 Å². The van der Waals surface area contributed by atoms with Gasteiger partial charge in [-0.25, -0.2) is 4.98 Å². The van der Waals surface area contributed by atoms with Crippen LogP contribution in [0, 0.1) is 0 Å². The van der Waals surface area contributed by atoms with Gasteiger partial charge in [-0.1, -0.05) is 6.07 Å². The van der Waals surface area contributed by atoms with Gasteiger partial charge in [-0.15, -0.1) is 0 Å². The largest absolute Gasteiger partial charge is 0.331 e. The molecule has 0 aromatic carbocycles. The van der Waals surface area contributed by atoms with Gasteiger partial charge in [0.15, 0.2) is 0 Å². The summed E-state index contributed by atoms with van der Waals surface area (Å²) in [5, 5.41) is 4.05. The summed E-state index contributed by atoms with van der Waals surface area (Å²) >= 11 is 1.64. The minimum atomic E-state index is 0.0953. The fraction of sp³-hybridized carbons (Fsp3) is 0.250. The van der Waals surface area contributed by atoms with Crippen LogP contribution in [-0.4, -0.2) is 37.0 Å². The van der Waals surface area contributed by atoms with Crippen molar-refractivity contribution >= 4 is 29.1 Å². The van der Waals surface area contributed by atoms with Crippen molar-refractivity contribution < 1.29 is 9.78 Å². The maximum Gasteiger partial charge on any atom is 0.274 e. The molecule has 2 aromatic heterocycles. The Balaban J connectivity index is 1.55. The number of nitrogens with zero attached hydrogens (tertiary/aromatic N) is 2. The van der Waals surface area contributed by atoms with E-state index in [1.165, 1.54) is 0 Å². The molecule has 0 unspecified atom stereocenters. The van der Waals surface area contributed by atoms with Crippen LogP contribution in [-0.2, 0) is 4.79 Å². The van der Waals surface area contributed by atoms with Crippen LogP contribution < -0.4 is 9.88 Å². The molecule has 1 N–H and O–H groups in total. The number of hydrogen-bond acceptors (Lipinski definition) is 3. The van der Waals surface area contributed by atoms with Gasteiger partial charge in [0, 0.05) is 12.1 Å². The molecule has 108 valence electrons. The molecule has 0 atom stereocenters. The SMILES string of the molecule is O=C(/C=C/c1ccsc1)N1CCN(c2cccc[nH+]2)CC1. The van der Waals surface area contributed by atoms with E-state index in [0.29, 0.717) is 0 Å². The molecule has 1 fully saturated rings. The zero-order chi connectivity index (χ0) is 14.5. The van der Waals surface area contributed by atoms with E-state index in [0.717, 1.165) is 37.6 Å². The maximum absolute atomic E-state index is 12.2. The number of amides is 1. The second-order valence-corrected chi connectivity index (χ2v) is 5.73. The molecule has 21 heavy (non-hydrogen) atoms. The van der Waals surface area contributed by atoms with Crippen molar-refractivity contribution in [2.24, 2.45) is 0 Å². The molecule has 2 aromatic rings. The number of aromatic amines is 1. The first-order valence-corrected chi connectivity index (χ1v) is 7.98. The van der Waals surface area contributed by atoms with Gasteiger partial charge < -0.3 is 4.90 Å². The molecule has 1 saturated heterocycles. The van der Waals surface area contributed by atoms with Crippen LogP contribution in [0.2, 0.25) is 0 Å². The second-order valence-electron chi connectivity index (χ2n) is 4.95. The van der Waals surface area contributed by atoms with Gasteiger partial charge in [0.05, 0.1) is 19.3 Å². The van der Waals surface area contributed by atoms with E-state index in [9.17, 15) is 4.79 Å². The Kier molecular flexibility index (Phi) is 4.31. The Labute approximate surface area is 128 Å². The Morgan fingerprint density at radius 2 is 2.05 bits per heavy atom. The topological polar surface area (TPSA) is 37.7 Å². The predicted molar refractivity (Wildman–Crippen MR) is 85.1 cm³/mol.